The number of aliphatic hydroxyl groups is 1. The van der Waals surface area contributed by atoms with E-state index in [1.54, 1.807) is 19.1 Å². The average molecular weight is 284 g/mol. The molecule has 112 valence electrons. The number of rotatable bonds is 8. The Bertz CT molecular complexity index is 427. The number of ether oxygens (including phenoxy) is 1. The third-order valence-corrected chi connectivity index (χ3v) is 2.66. The summed E-state index contributed by atoms with van der Waals surface area (Å²) in [5, 5.41) is 13.9. The summed E-state index contributed by atoms with van der Waals surface area (Å²) in [6.07, 6.45) is 0.684. The van der Waals surface area contributed by atoms with Gasteiger partial charge in [0.2, 0.25) is 0 Å². The molecular weight excluding hydrogens is 263 g/mol. The highest BCUT2D eigenvalue weighted by Gasteiger charge is 2.02. The molecule has 0 aliphatic carbocycles. The Labute approximate surface area is 118 Å². The highest BCUT2D eigenvalue weighted by atomic mass is 19.1. The molecule has 0 bridgehead atoms. The van der Waals surface area contributed by atoms with Gasteiger partial charge in [0.1, 0.15) is 5.82 Å². The lowest BCUT2D eigenvalue weighted by molar-refractivity contribution is 0.0910. The van der Waals surface area contributed by atoms with Crippen LogP contribution in [0.2, 0.25) is 0 Å². The summed E-state index contributed by atoms with van der Waals surface area (Å²) in [5.74, 6) is -0.249. The van der Waals surface area contributed by atoms with Crippen molar-refractivity contribution < 1.29 is 19.0 Å². The summed E-state index contributed by atoms with van der Waals surface area (Å²) < 4.78 is 18.1. The number of urea groups is 1. The van der Waals surface area contributed by atoms with E-state index >= 15 is 0 Å². The Hall–Kier alpha value is -1.66. The molecule has 1 aromatic carbocycles. The van der Waals surface area contributed by atoms with E-state index in [1.165, 1.54) is 6.07 Å². The van der Waals surface area contributed by atoms with E-state index in [0.717, 1.165) is 5.56 Å². The molecule has 3 N–H and O–H groups in total. The fourth-order valence-corrected chi connectivity index (χ4v) is 1.60. The Balaban J connectivity index is 2.15. The normalized spacial score (nSPS) is 10.3. The summed E-state index contributed by atoms with van der Waals surface area (Å²) in [6.45, 7) is 3.36. The van der Waals surface area contributed by atoms with E-state index in [-0.39, 0.29) is 18.5 Å². The maximum Gasteiger partial charge on any atom is 0.315 e. The van der Waals surface area contributed by atoms with Crippen LogP contribution < -0.4 is 10.6 Å². The van der Waals surface area contributed by atoms with Crippen LogP contribution in [0.3, 0.4) is 0 Å². The van der Waals surface area contributed by atoms with Crippen LogP contribution in [0.1, 0.15) is 17.5 Å². The number of hydrogen-bond donors (Lipinski definition) is 3. The second kappa shape index (κ2) is 9.28. The van der Waals surface area contributed by atoms with E-state index in [9.17, 15) is 9.18 Å². The zero-order valence-corrected chi connectivity index (χ0v) is 11.6. The third-order valence-electron chi connectivity index (χ3n) is 2.66. The predicted octanol–water partition coefficient (Wildman–Crippen LogP) is 1.33. The van der Waals surface area contributed by atoms with Gasteiger partial charge in [-0.15, -0.1) is 0 Å². The number of aliphatic hydroxyl groups excluding tert-OH is 1. The van der Waals surface area contributed by atoms with Crippen LogP contribution in [0.15, 0.2) is 18.2 Å². The molecule has 1 rings (SSSR count). The fraction of sp³-hybridized carbons (Fsp3) is 0.500. The van der Waals surface area contributed by atoms with E-state index in [4.69, 9.17) is 9.84 Å². The summed E-state index contributed by atoms with van der Waals surface area (Å²) >= 11 is 0. The van der Waals surface area contributed by atoms with Crippen molar-refractivity contribution in [1.29, 1.82) is 0 Å². The van der Waals surface area contributed by atoms with Crippen molar-refractivity contribution in [2.45, 2.75) is 19.9 Å². The van der Waals surface area contributed by atoms with Gasteiger partial charge in [-0.3, -0.25) is 0 Å². The van der Waals surface area contributed by atoms with Gasteiger partial charge in [-0.1, -0.05) is 12.1 Å². The molecule has 6 heteroatoms. The first-order valence-electron chi connectivity index (χ1n) is 6.59. The molecule has 0 aliphatic heterocycles. The van der Waals surface area contributed by atoms with E-state index in [1.807, 2.05) is 0 Å². The smallest absolute Gasteiger partial charge is 0.315 e. The zero-order valence-electron chi connectivity index (χ0n) is 11.6. The van der Waals surface area contributed by atoms with Crippen molar-refractivity contribution in [2.24, 2.45) is 0 Å². The van der Waals surface area contributed by atoms with Crippen LogP contribution >= 0.6 is 0 Å². The molecule has 0 spiro atoms. The maximum absolute atomic E-state index is 13.1. The second-order valence-corrected chi connectivity index (χ2v) is 4.38. The van der Waals surface area contributed by atoms with Gasteiger partial charge in [0.05, 0.1) is 13.2 Å². The molecule has 0 aliphatic rings. The lowest BCUT2D eigenvalue weighted by Crippen LogP contribution is -2.35. The molecule has 0 unspecified atom stereocenters. The van der Waals surface area contributed by atoms with Gasteiger partial charge in [0.25, 0.3) is 0 Å². The van der Waals surface area contributed by atoms with Crippen molar-refractivity contribution in [2.75, 3.05) is 26.4 Å². The topological polar surface area (TPSA) is 70.6 Å². The van der Waals surface area contributed by atoms with Crippen LogP contribution in [-0.4, -0.2) is 37.5 Å². The van der Waals surface area contributed by atoms with Gasteiger partial charge >= 0.3 is 6.03 Å². The highest BCUT2D eigenvalue weighted by Crippen LogP contribution is 2.08. The third kappa shape index (κ3) is 6.49. The lowest BCUT2D eigenvalue weighted by atomic mass is 10.1. The first kappa shape index (κ1) is 16.4. The molecule has 0 fully saturated rings. The van der Waals surface area contributed by atoms with Crippen molar-refractivity contribution in [3.8, 4) is 0 Å². The molecule has 0 heterocycles. The lowest BCUT2D eigenvalue weighted by Gasteiger charge is -2.08. The van der Waals surface area contributed by atoms with Gasteiger partial charge in [-0.2, -0.15) is 0 Å². The molecule has 5 nitrogen and oxygen atoms in total. The Morgan fingerprint density at radius 2 is 2.15 bits per heavy atom. The zero-order chi connectivity index (χ0) is 14.8. The van der Waals surface area contributed by atoms with Crippen molar-refractivity contribution >= 4 is 6.03 Å². The average Bonchev–Trinajstić information content (AvgIpc) is 2.44. The summed E-state index contributed by atoms with van der Waals surface area (Å²) in [7, 11) is 0. The van der Waals surface area contributed by atoms with Crippen LogP contribution in [-0.2, 0) is 11.3 Å². The number of nitrogens with one attached hydrogen (secondary N) is 2. The number of aryl methyl sites for hydroxylation is 1. The number of carbonyl (C=O) groups excluding carboxylic acids is 1. The van der Waals surface area contributed by atoms with Crippen LogP contribution in [0.5, 0.6) is 0 Å². The minimum Gasteiger partial charge on any atom is -0.394 e. The van der Waals surface area contributed by atoms with E-state index < -0.39 is 0 Å². The Kier molecular flexibility index (Phi) is 7.60. The van der Waals surface area contributed by atoms with Crippen LogP contribution in [0, 0.1) is 12.7 Å². The van der Waals surface area contributed by atoms with E-state index in [2.05, 4.69) is 10.6 Å². The first-order valence-corrected chi connectivity index (χ1v) is 6.59. The monoisotopic (exact) mass is 284 g/mol. The molecular formula is C14H21FN2O3. The number of benzene rings is 1. The molecule has 2 amide bonds. The quantitative estimate of drug-likeness (QED) is 0.631. The minimum absolute atomic E-state index is 0.00496. The first-order chi connectivity index (χ1) is 9.63. The molecule has 0 saturated carbocycles. The van der Waals surface area contributed by atoms with Crippen molar-refractivity contribution in [1.82, 2.24) is 10.6 Å². The number of amides is 2. The summed E-state index contributed by atoms with van der Waals surface area (Å²) in [6, 6.07) is 4.47. The molecule has 0 aromatic heterocycles. The van der Waals surface area contributed by atoms with E-state index in [0.29, 0.717) is 38.3 Å². The van der Waals surface area contributed by atoms with Crippen LogP contribution in [0.25, 0.3) is 0 Å². The fourth-order valence-electron chi connectivity index (χ4n) is 1.60. The molecule has 0 radical (unpaired) electrons. The van der Waals surface area contributed by atoms with Gasteiger partial charge in [0, 0.05) is 19.7 Å². The standard InChI is InChI=1S/C14H21FN2O3/c1-11-9-12(3-4-13(11)15)10-17-14(19)16-5-2-7-20-8-6-18/h3-4,9,18H,2,5-8,10H2,1H3,(H2,16,17,19). The number of carbonyl (C=O) groups is 1. The Morgan fingerprint density at radius 3 is 2.85 bits per heavy atom. The number of halogens is 1. The molecule has 0 atom stereocenters. The van der Waals surface area contributed by atoms with Gasteiger partial charge < -0.3 is 20.5 Å². The SMILES string of the molecule is Cc1cc(CNC(=O)NCCCOCCO)ccc1F. The summed E-state index contributed by atoms with van der Waals surface area (Å²) in [4.78, 5) is 11.5. The Morgan fingerprint density at radius 1 is 1.35 bits per heavy atom. The molecule has 0 saturated heterocycles. The highest BCUT2D eigenvalue weighted by molar-refractivity contribution is 5.73. The predicted molar refractivity (Wildman–Crippen MR) is 73.9 cm³/mol. The second-order valence-electron chi connectivity index (χ2n) is 4.38. The van der Waals surface area contributed by atoms with Gasteiger partial charge in [0.15, 0.2) is 0 Å². The molecule has 20 heavy (non-hydrogen) atoms. The minimum atomic E-state index is -0.269. The van der Waals surface area contributed by atoms with Crippen LogP contribution in [0.4, 0.5) is 9.18 Å². The summed E-state index contributed by atoms with van der Waals surface area (Å²) in [5.41, 5.74) is 1.41. The number of hydrogen-bond acceptors (Lipinski definition) is 3. The largest absolute Gasteiger partial charge is 0.394 e. The maximum atomic E-state index is 13.1. The van der Waals surface area contributed by atoms with Crippen molar-refractivity contribution in [3.05, 3.63) is 35.1 Å². The van der Waals surface area contributed by atoms with Gasteiger partial charge in [-0.05, 0) is 30.5 Å². The molecule has 1 aromatic rings. The van der Waals surface area contributed by atoms with Gasteiger partial charge in [-0.25, -0.2) is 9.18 Å². The van der Waals surface area contributed by atoms with Crippen molar-refractivity contribution in [3.63, 3.8) is 0 Å².